The summed E-state index contributed by atoms with van der Waals surface area (Å²) in [7, 11) is 0. The first-order chi connectivity index (χ1) is 13.6. The Morgan fingerprint density at radius 2 is 1.82 bits per heavy atom. The van der Waals surface area contributed by atoms with Gasteiger partial charge in [0, 0.05) is 11.3 Å². The Kier molecular flexibility index (Phi) is 4.76. The molecule has 2 heterocycles. The molecule has 0 saturated carbocycles. The molecular weight excluding hydrogens is 358 g/mol. The molecule has 3 aromatic rings. The van der Waals surface area contributed by atoms with Gasteiger partial charge in [0.25, 0.3) is 5.91 Å². The topological polar surface area (TPSA) is 89.4 Å². The molecule has 1 saturated heterocycles. The number of ether oxygens (including phenoxy) is 1. The number of rotatable bonds is 5. The smallest absolute Gasteiger partial charge is 0.414 e. The fourth-order valence-electron chi connectivity index (χ4n) is 3.04. The Labute approximate surface area is 161 Å². The van der Waals surface area contributed by atoms with Crippen LogP contribution in [-0.2, 0) is 4.74 Å². The van der Waals surface area contributed by atoms with Crippen LogP contribution >= 0.6 is 0 Å². The van der Waals surface area contributed by atoms with Crippen molar-refractivity contribution in [1.29, 1.82) is 0 Å². The van der Waals surface area contributed by atoms with E-state index in [1.54, 1.807) is 40.2 Å². The number of hydrogen-bond donors (Lipinski definition) is 1. The molecule has 1 aliphatic rings. The van der Waals surface area contributed by atoms with E-state index in [-0.39, 0.29) is 18.0 Å². The first kappa shape index (κ1) is 17.7. The van der Waals surface area contributed by atoms with Crippen molar-refractivity contribution < 1.29 is 14.3 Å². The average Bonchev–Trinajstić information content (AvgIpc) is 3.40. The number of nitrogens with one attached hydrogen (secondary N) is 1. The predicted molar refractivity (Wildman–Crippen MR) is 102 cm³/mol. The molecule has 0 bridgehead atoms. The molecule has 2 aromatic carbocycles. The van der Waals surface area contributed by atoms with E-state index in [1.807, 2.05) is 31.2 Å². The third kappa shape index (κ3) is 3.57. The van der Waals surface area contributed by atoms with Gasteiger partial charge < -0.3 is 10.1 Å². The highest BCUT2D eigenvalue weighted by Gasteiger charge is 2.23. The summed E-state index contributed by atoms with van der Waals surface area (Å²) in [4.78, 5) is 29.6. The minimum absolute atomic E-state index is 0.162. The molecule has 1 fully saturated rings. The van der Waals surface area contributed by atoms with Crippen molar-refractivity contribution in [2.24, 2.45) is 0 Å². The van der Waals surface area contributed by atoms with Crippen molar-refractivity contribution in [2.45, 2.75) is 13.0 Å². The maximum absolute atomic E-state index is 12.5. The van der Waals surface area contributed by atoms with Gasteiger partial charge in [0.05, 0.1) is 18.3 Å². The zero-order valence-corrected chi connectivity index (χ0v) is 15.3. The van der Waals surface area contributed by atoms with Crippen LogP contribution in [0.5, 0.6) is 0 Å². The molecule has 0 spiro atoms. The van der Waals surface area contributed by atoms with E-state index in [0.29, 0.717) is 18.7 Å². The van der Waals surface area contributed by atoms with Gasteiger partial charge in [-0.2, -0.15) is 5.10 Å². The van der Waals surface area contributed by atoms with Crippen LogP contribution in [0.15, 0.2) is 61.2 Å². The van der Waals surface area contributed by atoms with E-state index in [0.717, 1.165) is 16.9 Å². The lowest BCUT2D eigenvalue weighted by Crippen LogP contribution is -2.27. The van der Waals surface area contributed by atoms with Crippen LogP contribution in [0.4, 0.5) is 10.5 Å². The summed E-state index contributed by atoms with van der Waals surface area (Å²) in [6.45, 7) is 2.83. The van der Waals surface area contributed by atoms with Crippen molar-refractivity contribution in [3.05, 3.63) is 72.3 Å². The number of anilines is 1. The lowest BCUT2D eigenvalue weighted by molar-refractivity contribution is 0.0940. The Morgan fingerprint density at radius 3 is 2.43 bits per heavy atom. The summed E-state index contributed by atoms with van der Waals surface area (Å²) in [5, 5.41) is 7.08. The van der Waals surface area contributed by atoms with E-state index in [1.165, 1.54) is 6.33 Å². The van der Waals surface area contributed by atoms with Gasteiger partial charge in [0.1, 0.15) is 19.3 Å². The maximum Gasteiger partial charge on any atom is 0.414 e. The van der Waals surface area contributed by atoms with Crippen LogP contribution in [-0.4, -0.2) is 39.9 Å². The molecular formula is C20H19N5O3. The van der Waals surface area contributed by atoms with Gasteiger partial charge in [-0.1, -0.05) is 12.1 Å². The molecule has 0 radical (unpaired) electrons. The average molecular weight is 377 g/mol. The van der Waals surface area contributed by atoms with Crippen LogP contribution in [0.3, 0.4) is 0 Å². The number of hydrogen-bond acceptors (Lipinski definition) is 5. The van der Waals surface area contributed by atoms with Gasteiger partial charge in [0.2, 0.25) is 0 Å². The molecule has 2 amide bonds. The fraction of sp³-hybridized carbons (Fsp3) is 0.200. The highest BCUT2D eigenvalue weighted by Crippen LogP contribution is 2.20. The summed E-state index contributed by atoms with van der Waals surface area (Å²) in [5.41, 5.74) is 3.13. The first-order valence-electron chi connectivity index (χ1n) is 8.92. The van der Waals surface area contributed by atoms with Crippen molar-refractivity contribution >= 4 is 17.7 Å². The molecule has 142 valence electrons. The van der Waals surface area contributed by atoms with Crippen molar-refractivity contribution in [3.63, 3.8) is 0 Å². The van der Waals surface area contributed by atoms with E-state index < -0.39 is 0 Å². The second kappa shape index (κ2) is 7.51. The predicted octanol–water partition coefficient (Wildman–Crippen LogP) is 2.71. The molecule has 4 rings (SSSR count). The molecule has 1 atom stereocenters. The van der Waals surface area contributed by atoms with Crippen LogP contribution in [0.2, 0.25) is 0 Å². The number of cyclic esters (lactones) is 1. The zero-order chi connectivity index (χ0) is 19.5. The van der Waals surface area contributed by atoms with Gasteiger partial charge in [-0.05, 0) is 48.9 Å². The highest BCUT2D eigenvalue weighted by atomic mass is 16.6. The molecule has 28 heavy (non-hydrogen) atoms. The Bertz CT molecular complexity index is 968. The van der Waals surface area contributed by atoms with E-state index >= 15 is 0 Å². The largest absolute Gasteiger partial charge is 0.447 e. The molecule has 8 heteroatoms. The number of benzene rings is 2. The van der Waals surface area contributed by atoms with Crippen LogP contribution in [0.1, 0.15) is 28.9 Å². The number of nitrogens with zero attached hydrogens (tertiary/aromatic N) is 4. The summed E-state index contributed by atoms with van der Waals surface area (Å²) in [5.74, 6) is -0.177. The Morgan fingerprint density at radius 1 is 1.11 bits per heavy atom. The Balaban J connectivity index is 1.40. The standard InChI is InChI=1S/C20H19N5O3/c1-14(15-2-8-18(9-3-15)25-13-21-12-22-25)23-19(26)16-4-6-17(7-5-16)24-10-11-28-20(24)27/h2-9,12-14H,10-11H2,1H3,(H,23,26). The SMILES string of the molecule is CC(NC(=O)c1ccc(N2CCOC2=O)cc1)c1ccc(-n2cncn2)cc1. The van der Waals surface area contributed by atoms with E-state index in [4.69, 9.17) is 4.74 Å². The number of carbonyl (C=O) groups excluding carboxylic acids is 2. The number of carbonyl (C=O) groups is 2. The summed E-state index contributed by atoms with van der Waals surface area (Å²) < 4.78 is 6.60. The van der Waals surface area contributed by atoms with Gasteiger partial charge in [-0.25, -0.2) is 14.5 Å². The number of aromatic nitrogens is 3. The molecule has 1 unspecified atom stereocenters. The van der Waals surface area contributed by atoms with Crippen molar-refractivity contribution in [3.8, 4) is 5.69 Å². The summed E-state index contributed by atoms with van der Waals surface area (Å²) >= 11 is 0. The molecule has 0 aliphatic carbocycles. The van der Waals surface area contributed by atoms with Gasteiger partial charge in [-0.15, -0.1) is 0 Å². The van der Waals surface area contributed by atoms with Crippen LogP contribution in [0, 0.1) is 0 Å². The third-order valence-electron chi connectivity index (χ3n) is 4.63. The van der Waals surface area contributed by atoms with Gasteiger partial charge in [0.15, 0.2) is 0 Å². The fourth-order valence-corrected chi connectivity index (χ4v) is 3.04. The van der Waals surface area contributed by atoms with Crippen LogP contribution in [0.25, 0.3) is 5.69 Å². The normalized spacial score (nSPS) is 14.6. The zero-order valence-electron chi connectivity index (χ0n) is 15.3. The molecule has 1 N–H and O–H groups in total. The second-order valence-corrected chi connectivity index (χ2v) is 6.44. The van der Waals surface area contributed by atoms with E-state index in [2.05, 4.69) is 15.4 Å². The summed E-state index contributed by atoms with van der Waals surface area (Å²) in [6.07, 6.45) is 2.75. The summed E-state index contributed by atoms with van der Waals surface area (Å²) in [6, 6.07) is 14.5. The lowest BCUT2D eigenvalue weighted by Gasteiger charge is -2.16. The van der Waals surface area contributed by atoms with Crippen LogP contribution < -0.4 is 10.2 Å². The third-order valence-corrected chi connectivity index (χ3v) is 4.63. The molecule has 8 nitrogen and oxygen atoms in total. The second-order valence-electron chi connectivity index (χ2n) is 6.44. The van der Waals surface area contributed by atoms with Crippen molar-refractivity contribution in [1.82, 2.24) is 20.1 Å². The monoisotopic (exact) mass is 377 g/mol. The quantitative estimate of drug-likeness (QED) is 0.738. The number of amides is 2. The lowest BCUT2D eigenvalue weighted by atomic mass is 10.1. The van der Waals surface area contributed by atoms with Gasteiger partial charge in [-0.3, -0.25) is 9.69 Å². The highest BCUT2D eigenvalue weighted by molar-refractivity contribution is 5.95. The maximum atomic E-state index is 12.5. The minimum Gasteiger partial charge on any atom is -0.447 e. The van der Waals surface area contributed by atoms with Crippen molar-refractivity contribution in [2.75, 3.05) is 18.1 Å². The minimum atomic E-state index is -0.361. The Hall–Kier alpha value is -3.68. The molecule has 1 aliphatic heterocycles. The van der Waals surface area contributed by atoms with E-state index in [9.17, 15) is 9.59 Å². The first-order valence-corrected chi connectivity index (χ1v) is 8.92. The van der Waals surface area contributed by atoms with Gasteiger partial charge >= 0.3 is 6.09 Å². The molecule has 1 aromatic heterocycles.